The number of hydrogen-bond acceptors (Lipinski definition) is 4. The molecule has 3 aliphatic rings. The molecular weight excluding hydrogens is 362 g/mol. The van der Waals surface area contributed by atoms with E-state index in [9.17, 15) is 9.59 Å². The molecule has 0 saturated heterocycles. The first-order valence-electron chi connectivity index (χ1n) is 10.4. The molecule has 0 fully saturated rings. The number of Topliss-reactive ketones (excluding diaryl/α,β-unsaturated/α-hetero) is 2. The summed E-state index contributed by atoms with van der Waals surface area (Å²) in [7, 11) is 3.68. The number of methoxy groups -OCH3 is 1. The van der Waals surface area contributed by atoms with Crippen molar-refractivity contribution in [3.05, 3.63) is 52.4 Å². The molecule has 0 bridgehead atoms. The molecular formula is C25H31NO3. The van der Waals surface area contributed by atoms with Crippen LogP contribution in [0.15, 0.2) is 46.8 Å². The van der Waals surface area contributed by atoms with Crippen molar-refractivity contribution in [3.8, 4) is 5.75 Å². The summed E-state index contributed by atoms with van der Waals surface area (Å²) in [6, 6.07) is 7.82. The van der Waals surface area contributed by atoms with Gasteiger partial charge >= 0.3 is 0 Å². The van der Waals surface area contributed by atoms with Gasteiger partial charge in [0.15, 0.2) is 11.6 Å². The van der Waals surface area contributed by atoms with Gasteiger partial charge in [0, 0.05) is 53.9 Å². The highest BCUT2D eigenvalue weighted by Crippen LogP contribution is 2.54. The number of nitrogens with zero attached hydrogens (tertiary/aromatic N) is 1. The van der Waals surface area contributed by atoms with Gasteiger partial charge in [-0.3, -0.25) is 9.59 Å². The van der Waals surface area contributed by atoms with Crippen LogP contribution in [0.25, 0.3) is 0 Å². The Morgan fingerprint density at radius 3 is 1.83 bits per heavy atom. The van der Waals surface area contributed by atoms with Crippen molar-refractivity contribution >= 4 is 11.6 Å². The van der Waals surface area contributed by atoms with Gasteiger partial charge in [0.1, 0.15) is 5.75 Å². The summed E-state index contributed by atoms with van der Waals surface area (Å²) in [5.74, 6) is 0.710. The van der Waals surface area contributed by atoms with Gasteiger partial charge in [0.2, 0.25) is 0 Å². The minimum absolute atomic E-state index is 0.0816. The van der Waals surface area contributed by atoms with Crippen molar-refractivity contribution < 1.29 is 14.3 Å². The highest BCUT2D eigenvalue weighted by Gasteiger charge is 2.48. The smallest absolute Gasteiger partial charge is 0.162 e. The minimum Gasteiger partial charge on any atom is -0.496 e. The summed E-state index contributed by atoms with van der Waals surface area (Å²) in [6.45, 7) is 8.61. The predicted molar refractivity (Wildman–Crippen MR) is 114 cm³/mol. The monoisotopic (exact) mass is 393 g/mol. The molecule has 4 nitrogen and oxygen atoms in total. The van der Waals surface area contributed by atoms with Crippen LogP contribution in [0.2, 0.25) is 0 Å². The molecule has 1 aromatic rings. The third-order valence-electron chi connectivity index (χ3n) is 6.63. The maximum absolute atomic E-state index is 13.4. The number of carbonyl (C=O) groups excluding carboxylic acids is 2. The van der Waals surface area contributed by atoms with E-state index >= 15 is 0 Å². The third kappa shape index (κ3) is 3.23. The second-order valence-electron chi connectivity index (χ2n) is 10.3. The molecule has 0 amide bonds. The zero-order chi connectivity index (χ0) is 21.1. The van der Waals surface area contributed by atoms with Gasteiger partial charge in [0.25, 0.3) is 0 Å². The number of hydrogen-bond donors (Lipinski definition) is 0. The fourth-order valence-electron chi connectivity index (χ4n) is 5.38. The van der Waals surface area contributed by atoms with Crippen LogP contribution in [-0.2, 0) is 9.59 Å². The lowest BCUT2D eigenvalue weighted by Gasteiger charge is -2.48. The summed E-state index contributed by atoms with van der Waals surface area (Å²) >= 11 is 0. The number of ketones is 2. The van der Waals surface area contributed by atoms with E-state index in [0.717, 1.165) is 46.7 Å². The fraction of sp³-hybridized carbons (Fsp3) is 0.520. The van der Waals surface area contributed by atoms with Crippen molar-refractivity contribution in [2.45, 2.75) is 59.3 Å². The first kappa shape index (κ1) is 19.9. The molecule has 1 heterocycles. The van der Waals surface area contributed by atoms with E-state index in [2.05, 4.69) is 32.6 Å². The molecule has 0 atom stereocenters. The van der Waals surface area contributed by atoms with Crippen LogP contribution in [0.3, 0.4) is 0 Å². The van der Waals surface area contributed by atoms with Crippen molar-refractivity contribution in [1.82, 2.24) is 4.90 Å². The first-order valence-corrected chi connectivity index (χ1v) is 10.4. The van der Waals surface area contributed by atoms with Crippen LogP contribution >= 0.6 is 0 Å². The van der Waals surface area contributed by atoms with E-state index in [-0.39, 0.29) is 28.3 Å². The van der Waals surface area contributed by atoms with Crippen molar-refractivity contribution in [3.63, 3.8) is 0 Å². The molecule has 4 heteroatoms. The molecule has 0 spiro atoms. The predicted octanol–water partition coefficient (Wildman–Crippen LogP) is 5.01. The summed E-state index contributed by atoms with van der Waals surface area (Å²) < 4.78 is 5.66. The molecule has 0 radical (unpaired) electrons. The average molecular weight is 394 g/mol. The standard InChI is InChI=1S/C25H31NO3/c1-24(2)11-16-22(18(27)13-24)21(15-9-7-8-10-20(15)29-6)23-17(26(16)5)12-25(3,4)14-19(23)28/h7-10,21H,11-14H2,1-6H3. The van der Waals surface area contributed by atoms with Crippen molar-refractivity contribution in [2.75, 3.05) is 14.2 Å². The fourth-order valence-corrected chi connectivity index (χ4v) is 5.38. The Hall–Kier alpha value is -2.36. The van der Waals surface area contributed by atoms with Crippen LogP contribution in [0, 0.1) is 10.8 Å². The van der Waals surface area contributed by atoms with Gasteiger partial charge in [-0.15, -0.1) is 0 Å². The summed E-state index contributed by atoms with van der Waals surface area (Å²) in [5.41, 5.74) is 4.50. The van der Waals surface area contributed by atoms with E-state index in [1.165, 1.54) is 0 Å². The number of benzene rings is 1. The summed E-state index contributed by atoms with van der Waals surface area (Å²) in [5, 5.41) is 0. The Kier molecular flexibility index (Phi) is 4.52. The maximum atomic E-state index is 13.4. The average Bonchev–Trinajstić information content (AvgIpc) is 2.62. The molecule has 0 aromatic heterocycles. The normalized spacial score (nSPS) is 23.9. The summed E-state index contributed by atoms with van der Waals surface area (Å²) in [6.07, 6.45) is 2.69. The molecule has 154 valence electrons. The van der Waals surface area contributed by atoms with Gasteiger partial charge in [-0.25, -0.2) is 0 Å². The van der Waals surface area contributed by atoms with Crippen LogP contribution < -0.4 is 4.74 Å². The van der Waals surface area contributed by atoms with Gasteiger partial charge in [-0.05, 0) is 29.7 Å². The van der Waals surface area contributed by atoms with Crippen molar-refractivity contribution in [2.24, 2.45) is 10.8 Å². The molecule has 4 rings (SSSR count). The minimum atomic E-state index is -0.334. The Morgan fingerprint density at radius 2 is 1.34 bits per heavy atom. The van der Waals surface area contributed by atoms with Gasteiger partial charge < -0.3 is 9.64 Å². The number of rotatable bonds is 2. The van der Waals surface area contributed by atoms with Crippen LogP contribution in [0.1, 0.15) is 64.9 Å². The Morgan fingerprint density at radius 1 is 0.862 bits per heavy atom. The first-order chi connectivity index (χ1) is 13.5. The molecule has 1 aliphatic heterocycles. The van der Waals surface area contributed by atoms with Crippen molar-refractivity contribution in [1.29, 1.82) is 0 Å². The lowest BCUT2D eigenvalue weighted by molar-refractivity contribution is -0.119. The maximum Gasteiger partial charge on any atom is 0.162 e. The summed E-state index contributed by atoms with van der Waals surface area (Å²) in [4.78, 5) is 29.0. The quantitative estimate of drug-likeness (QED) is 0.708. The molecule has 29 heavy (non-hydrogen) atoms. The Balaban J connectivity index is 2.00. The zero-order valence-corrected chi connectivity index (χ0v) is 18.4. The molecule has 0 unspecified atom stereocenters. The third-order valence-corrected chi connectivity index (χ3v) is 6.63. The van der Waals surface area contributed by atoms with Gasteiger partial charge in [0.05, 0.1) is 7.11 Å². The largest absolute Gasteiger partial charge is 0.496 e. The molecule has 0 N–H and O–H groups in total. The van der Waals surface area contributed by atoms with Gasteiger partial charge in [-0.2, -0.15) is 0 Å². The second kappa shape index (κ2) is 6.58. The number of para-hydroxylation sites is 1. The topological polar surface area (TPSA) is 46.6 Å². The molecule has 2 aliphatic carbocycles. The van der Waals surface area contributed by atoms with E-state index < -0.39 is 0 Å². The SMILES string of the molecule is COc1ccccc1C1C2=C(CC(C)(C)CC2=O)N(C)C2=C1C(=O)CC(C)(C)C2. The second-order valence-corrected chi connectivity index (χ2v) is 10.3. The Bertz CT molecular complexity index is 910. The molecule has 0 saturated carbocycles. The highest BCUT2D eigenvalue weighted by atomic mass is 16.5. The van der Waals surface area contributed by atoms with E-state index in [4.69, 9.17) is 4.74 Å². The highest BCUT2D eigenvalue weighted by molar-refractivity contribution is 6.07. The van der Waals surface area contributed by atoms with Crippen LogP contribution in [-0.4, -0.2) is 30.6 Å². The Labute approximate surface area is 173 Å². The lowest BCUT2D eigenvalue weighted by Crippen LogP contribution is -2.43. The zero-order valence-electron chi connectivity index (χ0n) is 18.4. The van der Waals surface area contributed by atoms with Crippen LogP contribution in [0.5, 0.6) is 5.75 Å². The number of carbonyl (C=O) groups is 2. The lowest BCUT2D eigenvalue weighted by atomic mass is 9.63. The van der Waals surface area contributed by atoms with Gasteiger partial charge in [-0.1, -0.05) is 45.9 Å². The van der Waals surface area contributed by atoms with E-state index in [1.54, 1.807) is 7.11 Å². The van der Waals surface area contributed by atoms with E-state index in [1.807, 2.05) is 31.3 Å². The number of ether oxygens (including phenoxy) is 1. The molecule has 1 aromatic carbocycles. The van der Waals surface area contributed by atoms with Crippen LogP contribution in [0.4, 0.5) is 0 Å². The number of allylic oxidation sites excluding steroid dienone is 4. The van der Waals surface area contributed by atoms with E-state index in [0.29, 0.717) is 12.8 Å².